The largest absolute Gasteiger partial charge is 0.492 e. The first-order valence-corrected chi connectivity index (χ1v) is 11.6. The molecular formula is C30H29NO4. The Morgan fingerprint density at radius 3 is 2.37 bits per heavy atom. The van der Waals surface area contributed by atoms with E-state index in [1.807, 2.05) is 66.7 Å². The minimum atomic E-state index is -0.347. The highest BCUT2D eigenvalue weighted by Gasteiger charge is 2.07. The van der Waals surface area contributed by atoms with Gasteiger partial charge >= 0.3 is 5.97 Å². The van der Waals surface area contributed by atoms with Crippen LogP contribution in [0.2, 0.25) is 0 Å². The molecule has 0 saturated heterocycles. The Bertz CT molecular complexity index is 1260. The normalized spacial score (nSPS) is 11.3. The summed E-state index contributed by atoms with van der Waals surface area (Å²) in [6.45, 7) is 2.33. The van der Waals surface area contributed by atoms with Gasteiger partial charge in [-0.3, -0.25) is 0 Å². The van der Waals surface area contributed by atoms with E-state index in [4.69, 9.17) is 14.2 Å². The van der Waals surface area contributed by atoms with Gasteiger partial charge in [-0.05, 0) is 46.9 Å². The van der Waals surface area contributed by atoms with Crippen LogP contribution in [0.3, 0.4) is 0 Å². The standard InChI is InChI=1S/C30H29NO4/c1-33-30(32)26-16-14-23(15-17-26)20-24(21-31-18-19-34-27-10-3-2-4-11-27)22-35-29-13-7-9-25-8-5-6-12-28(25)29/h2-17,20,31H,18-19,21-22H2,1H3. The number of carbonyl (C=O) groups is 1. The third kappa shape index (κ3) is 6.95. The van der Waals surface area contributed by atoms with Crippen molar-refractivity contribution in [1.29, 1.82) is 0 Å². The summed E-state index contributed by atoms with van der Waals surface area (Å²) >= 11 is 0. The first-order chi connectivity index (χ1) is 17.2. The second-order valence-electron chi connectivity index (χ2n) is 8.02. The molecule has 0 atom stereocenters. The van der Waals surface area contributed by atoms with Crippen LogP contribution < -0.4 is 14.8 Å². The molecule has 0 heterocycles. The molecule has 5 heteroatoms. The summed E-state index contributed by atoms with van der Waals surface area (Å²) in [5.74, 6) is 1.36. The van der Waals surface area contributed by atoms with Crippen molar-refractivity contribution in [1.82, 2.24) is 5.32 Å². The Hall–Kier alpha value is -4.09. The number of methoxy groups -OCH3 is 1. The predicted octanol–water partition coefficient (Wildman–Crippen LogP) is 5.76. The van der Waals surface area contributed by atoms with Gasteiger partial charge in [0, 0.05) is 18.5 Å². The Kier molecular flexibility index (Phi) is 8.52. The maximum absolute atomic E-state index is 11.7. The van der Waals surface area contributed by atoms with E-state index in [0.29, 0.717) is 31.9 Å². The SMILES string of the molecule is COC(=O)c1ccc(C=C(CNCCOc2ccccc2)COc2cccc3ccccc23)cc1. The van der Waals surface area contributed by atoms with Crippen molar-refractivity contribution < 1.29 is 19.0 Å². The lowest BCUT2D eigenvalue weighted by Crippen LogP contribution is -2.25. The van der Waals surface area contributed by atoms with Gasteiger partial charge in [-0.1, -0.05) is 72.8 Å². The van der Waals surface area contributed by atoms with Gasteiger partial charge in [0.1, 0.15) is 24.7 Å². The number of carbonyl (C=O) groups excluding carboxylic acids is 1. The minimum Gasteiger partial charge on any atom is -0.492 e. The number of ether oxygens (including phenoxy) is 3. The number of para-hydroxylation sites is 1. The van der Waals surface area contributed by atoms with Crippen LogP contribution in [0.5, 0.6) is 11.5 Å². The Morgan fingerprint density at radius 2 is 1.57 bits per heavy atom. The van der Waals surface area contributed by atoms with E-state index in [1.165, 1.54) is 7.11 Å². The molecule has 0 aromatic heterocycles. The van der Waals surface area contributed by atoms with Crippen LogP contribution in [0.1, 0.15) is 15.9 Å². The number of rotatable bonds is 11. The van der Waals surface area contributed by atoms with Crippen LogP contribution in [0.15, 0.2) is 103 Å². The monoisotopic (exact) mass is 467 g/mol. The summed E-state index contributed by atoms with van der Waals surface area (Å²) in [4.78, 5) is 11.7. The van der Waals surface area contributed by atoms with E-state index < -0.39 is 0 Å². The lowest BCUT2D eigenvalue weighted by atomic mass is 10.1. The summed E-state index contributed by atoms with van der Waals surface area (Å²) in [6.07, 6.45) is 2.08. The van der Waals surface area contributed by atoms with Crippen molar-refractivity contribution in [3.05, 3.63) is 114 Å². The number of esters is 1. The fourth-order valence-electron chi connectivity index (χ4n) is 3.71. The number of hydrogen-bond donors (Lipinski definition) is 1. The molecule has 0 bridgehead atoms. The van der Waals surface area contributed by atoms with Crippen molar-refractivity contribution in [2.75, 3.05) is 33.4 Å². The van der Waals surface area contributed by atoms with E-state index in [9.17, 15) is 4.79 Å². The molecule has 0 saturated carbocycles. The van der Waals surface area contributed by atoms with Gasteiger partial charge in [-0.25, -0.2) is 4.79 Å². The average molecular weight is 468 g/mol. The molecule has 0 unspecified atom stereocenters. The highest BCUT2D eigenvalue weighted by Crippen LogP contribution is 2.25. The van der Waals surface area contributed by atoms with Crippen molar-refractivity contribution in [3.63, 3.8) is 0 Å². The molecule has 4 aromatic rings. The molecule has 35 heavy (non-hydrogen) atoms. The lowest BCUT2D eigenvalue weighted by Gasteiger charge is -2.14. The maximum Gasteiger partial charge on any atom is 0.337 e. The molecule has 0 aliphatic rings. The quantitative estimate of drug-likeness (QED) is 0.225. The smallest absolute Gasteiger partial charge is 0.337 e. The van der Waals surface area contributed by atoms with Crippen LogP contribution in [0, 0.1) is 0 Å². The second-order valence-corrected chi connectivity index (χ2v) is 8.02. The van der Waals surface area contributed by atoms with Crippen molar-refractivity contribution in [2.45, 2.75) is 0 Å². The molecule has 0 spiro atoms. The molecule has 0 amide bonds. The predicted molar refractivity (Wildman–Crippen MR) is 140 cm³/mol. The fourth-order valence-corrected chi connectivity index (χ4v) is 3.71. The topological polar surface area (TPSA) is 56.8 Å². The van der Waals surface area contributed by atoms with Gasteiger partial charge in [0.15, 0.2) is 0 Å². The maximum atomic E-state index is 11.7. The Balaban J connectivity index is 1.43. The van der Waals surface area contributed by atoms with Gasteiger partial charge in [-0.15, -0.1) is 0 Å². The van der Waals surface area contributed by atoms with Crippen LogP contribution in [-0.4, -0.2) is 39.4 Å². The van der Waals surface area contributed by atoms with E-state index in [0.717, 1.165) is 33.4 Å². The molecule has 1 N–H and O–H groups in total. The van der Waals surface area contributed by atoms with E-state index in [1.54, 1.807) is 12.1 Å². The summed E-state index contributed by atoms with van der Waals surface area (Å²) in [6, 6.07) is 31.4. The molecule has 0 radical (unpaired) electrons. The van der Waals surface area contributed by atoms with Crippen molar-refractivity contribution in [2.24, 2.45) is 0 Å². The first kappa shape index (κ1) is 24.0. The molecule has 5 nitrogen and oxygen atoms in total. The molecule has 0 aliphatic carbocycles. The first-order valence-electron chi connectivity index (χ1n) is 11.6. The summed E-state index contributed by atoms with van der Waals surface area (Å²) < 4.78 is 16.8. The summed E-state index contributed by atoms with van der Waals surface area (Å²) in [5.41, 5.74) is 2.58. The number of fused-ring (bicyclic) bond motifs is 1. The zero-order valence-electron chi connectivity index (χ0n) is 19.8. The van der Waals surface area contributed by atoms with Gasteiger partial charge < -0.3 is 19.5 Å². The van der Waals surface area contributed by atoms with Crippen LogP contribution in [0.4, 0.5) is 0 Å². The van der Waals surface area contributed by atoms with Gasteiger partial charge in [-0.2, -0.15) is 0 Å². The molecule has 0 fully saturated rings. The lowest BCUT2D eigenvalue weighted by molar-refractivity contribution is 0.0600. The van der Waals surface area contributed by atoms with Gasteiger partial charge in [0.25, 0.3) is 0 Å². The Labute approximate surface area is 206 Å². The molecule has 4 rings (SSSR count). The number of benzene rings is 4. The average Bonchev–Trinajstić information content (AvgIpc) is 2.92. The van der Waals surface area contributed by atoms with Crippen LogP contribution >= 0.6 is 0 Å². The number of nitrogens with one attached hydrogen (secondary N) is 1. The number of hydrogen-bond acceptors (Lipinski definition) is 5. The molecular weight excluding hydrogens is 438 g/mol. The fraction of sp³-hybridized carbons (Fsp3) is 0.167. The van der Waals surface area contributed by atoms with Gasteiger partial charge in [0.2, 0.25) is 0 Å². The van der Waals surface area contributed by atoms with Crippen molar-refractivity contribution >= 4 is 22.8 Å². The van der Waals surface area contributed by atoms with Crippen LogP contribution in [0.25, 0.3) is 16.8 Å². The van der Waals surface area contributed by atoms with Gasteiger partial charge in [0.05, 0.1) is 12.7 Å². The van der Waals surface area contributed by atoms with Crippen LogP contribution in [-0.2, 0) is 4.74 Å². The molecule has 0 aliphatic heterocycles. The third-order valence-corrected chi connectivity index (χ3v) is 5.51. The van der Waals surface area contributed by atoms with Crippen molar-refractivity contribution in [3.8, 4) is 11.5 Å². The zero-order chi connectivity index (χ0) is 24.3. The third-order valence-electron chi connectivity index (χ3n) is 5.51. The highest BCUT2D eigenvalue weighted by molar-refractivity contribution is 5.89. The summed E-state index contributed by atoms with van der Waals surface area (Å²) in [5, 5.41) is 5.67. The Morgan fingerprint density at radius 1 is 0.829 bits per heavy atom. The zero-order valence-corrected chi connectivity index (χ0v) is 19.8. The van der Waals surface area contributed by atoms with E-state index in [2.05, 4.69) is 29.6 Å². The summed E-state index contributed by atoms with van der Waals surface area (Å²) in [7, 11) is 1.38. The minimum absolute atomic E-state index is 0.347. The molecule has 178 valence electrons. The second kappa shape index (κ2) is 12.4. The van der Waals surface area contributed by atoms with E-state index in [-0.39, 0.29) is 5.97 Å². The molecule has 4 aromatic carbocycles. The highest BCUT2D eigenvalue weighted by atomic mass is 16.5. The van der Waals surface area contributed by atoms with E-state index >= 15 is 0 Å².